The molecule has 8 saturated carbocycles. The van der Waals surface area contributed by atoms with E-state index in [-0.39, 0.29) is 16.9 Å². The lowest BCUT2D eigenvalue weighted by atomic mass is 9.42. The van der Waals surface area contributed by atoms with Crippen LogP contribution in [0.1, 0.15) is 208 Å². The zero-order chi connectivity index (χ0) is 51.5. The summed E-state index contributed by atoms with van der Waals surface area (Å²) in [6.45, 7) is 21.4. The summed E-state index contributed by atoms with van der Waals surface area (Å²) in [6, 6.07) is 4.34. The number of fused-ring (bicyclic) bond motifs is 10. The minimum Gasteiger partial charge on any atom is -0.390 e. The zero-order valence-electron chi connectivity index (χ0n) is 46.3. The van der Waals surface area contributed by atoms with Crippen LogP contribution in [-0.4, -0.2) is 77.6 Å². The molecule has 11 heteroatoms. The Morgan fingerprint density at radius 2 is 1.10 bits per heavy atom. The molecule has 3 heterocycles. The van der Waals surface area contributed by atoms with Gasteiger partial charge in [0.1, 0.15) is 12.1 Å². The number of methoxy groups -OCH3 is 1. The number of rotatable bonds is 9. The second-order valence-corrected chi connectivity index (χ2v) is 27.5. The normalized spacial score (nSPS) is 44.5. The van der Waals surface area contributed by atoms with Gasteiger partial charge in [-0.05, 0) is 250 Å². The number of hydrogen-bond donors (Lipinski definition) is 3. The van der Waals surface area contributed by atoms with Gasteiger partial charge < -0.3 is 24.8 Å². The van der Waals surface area contributed by atoms with E-state index in [9.17, 15) is 20.6 Å². The minimum absolute atomic E-state index is 0.164. The first-order chi connectivity index (χ1) is 34.1. The van der Waals surface area contributed by atoms with E-state index in [1.54, 1.807) is 23.3 Å². The molecule has 18 atom stereocenters. The average Bonchev–Trinajstić information content (AvgIpc) is 4.22. The molecule has 0 radical (unpaired) electrons. The molecule has 1 aliphatic heterocycles. The number of nitriles is 2. The first-order valence-electron chi connectivity index (χ1n) is 29.3. The molecule has 9 aliphatic rings. The predicted molar refractivity (Wildman–Crippen MR) is 281 cm³/mol. The van der Waals surface area contributed by atoms with Crippen molar-refractivity contribution in [3.05, 3.63) is 35.9 Å². The Morgan fingerprint density at radius 1 is 0.639 bits per heavy atom. The Balaban J connectivity index is 0.000000162. The van der Waals surface area contributed by atoms with Gasteiger partial charge in [0.15, 0.2) is 0 Å². The molecule has 400 valence electrons. The lowest BCUT2D eigenvalue weighted by Gasteiger charge is -2.63. The highest BCUT2D eigenvalue weighted by atomic mass is 16.5. The summed E-state index contributed by atoms with van der Waals surface area (Å²) in [5.41, 5.74) is 0.406. The molecule has 3 N–H and O–H groups in total. The van der Waals surface area contributed by atoms with Gasteiger partial charge in [-0.2, -0.15) is 20.7 Å². The molecule has 2 aromatic rings. The van der Waals surface area contributed by atoms with E-state index in [0.717, 1.165) is 74.9 Å². The first-order valence-corrected chi connectivity index (χ1v) is 29.3. The average molecular weight is 993 g/mol. The molecule has 2 aromatic heterocycles. The van der Waals surface area contributed by atoms with Gasteiger partial charge in [0.25, 0.3) is 0 Å². The molecule has 11 rings (SSSR count). The summed E-state index contributed by atoms with van der Waals surface area (Å²) in [6.07, 6.45) is 33.4. The third kappa shape index (κ3) is 9.59. The molecule has 0 amide bonds. The van der Waals surface area contributed by atoms with Gasteiger partial charge in [-0.3, -0.25) is 9.36 Å². The second kappa shape index (κ2) is 20.3. The van der Waals surface area contributed by atoms with E-state index in [0.29, 0.717) is 64.1 Å². The topological polar surface area (TPSA) is 162 Å². The molecule has 9 fully saturated rings. The van der Waals surface area contributed by atoms with Gasteiger partial charge in [0.05, 0.1) is 59.0 Å². The van der Waals surface area contributed by atoms with Crippen molar-refractivity contribution in [2.75, 3.05) is 20.3 Å². The molecule has 11 nitrogen and oxygen atoms in total. The Kier molecular flexibility index (Phi) is 15.2. The number of hydrogen-bond acceptors (Lipinski definition) is 9. The molecule has 0 unspecified atom stereocenters. The van der Waals surface area contributed by atoms with E-state index in [1.807, 2.05) is 24.9 Å². The Morgan fingerprint density at radius 3 is 1.51 bits per heavy atom. The number of ether oxygens (including phenoxy) is 2. The van der Waals surface area contributed by atoms with Gasteiger partial charge in [0, 0.05) is 32.7 Å². The SMILES string of the molecule is C1CCOC1.CC[C@]12CC[C@@](C)(O)C[C@H]1CC[C@H]1[C@@H]3CC[C@H]([C@@](C)(O)Cn4cc(C#N)cn4)[C@@]3(C)CC[C@@H]12.CC[C@]12CC[C@@](C)(O)C[C@H]1CC[C@H]1[C@@H]3CC[C@H]([C@](C)(Cn4cc(C#N)cn4)OC)[C@@]3(C)CC[C@@H]12. The van der Waals surface area contributed by atoms with Crippen molar-refractivity contribution in [3.8, 4) is 12.1 Å². The molecule has 8 aliphatic carbocycles. The number of nitrogens with zero attached hydrogens (tertiary/aromatic N) is 6. The van der Waals surface area contributed by atoms with Crippen LogP contribution in [0.3, 0.4) is 0 Å². The molecule has 1 saturated heterocycles. The summed E-state index contributed by atoms with van der Waals surface area (Å²) in [7, 11) is 1.86. The summed E-state index contributed by atoms with van der Waals surface area (Å²) >= 11 is 0. The standard InChI is InChI=1S/C29H45N3O2.C28H43N3O2.C4H8O/c1-6-29-14-13-26(2,33)15-21(29)7-8-22-23-9-10-25(27(23,3)12-11-24(22)29)28(4,34-5)19-32-18-20(16-30)17-31-32;1-5-28-13-12-25(2,32)14-20(28)6-7-21-22-8-9-24(26(22,3)11-10-23(21)28)27(4,33)18-31-17-19(15-29)16-30-31;1-2-4-5-3-1/h17-18,21-25,33H,6-15,19H2,1-5H3;16-17,20-24,32-33H,5-14,18H2,1-4H3;1-4H2/t21-,22+,23+,24+,25+,26-,27+,28+,29+;20-,21+,22+,23+,24+,25-,26+,27+,28+;/m11./s1. The van der Waals surface area contributed by atoms with E-state index in [1.165, 1.54) is 109 Å². The van der Waals surface area contributed by atoms with Crippen LogP contribution >= 0.6 is 0 Å². The lowest BCUT2D eigenvalue weighted by Crippen LogP contribution is -2.57. The number of aromatic nitrogens is 4. The van der Waals surface area contributed by atoms with Crippen LogP contribution in [0.15, 0.2) is 24.8 Å². The molecular weight excluding hydrogens is 897 g/mol. The van der Waals surface area contributed by atoms with Crippen molar-refractivity contribution in [1.29, 1.82) is 10.5 Å². The number of aliphatic hydroxyl groups is 3. The van der Waals surface area contributed by atoms with Gasteiger partial charge in [0.2, 0.25) is 0 Å². The van der Waals surface area contributed by atoms with Crippen LogP contribution in [0.2, 0.25) is 0 Å². The quantitative estimate of drug-likeness (QED) is 0.222. The van der Waals surface area contributed by atoms with Gasteiger partial charge in [-0.15, -0.1) is 0 Å². The Labute approximate surface area is 434 Å². The van der Waals surface area contributed by atoms with Crippen LogP contribution in [0, 0.1) is 104 Å². The van der Waals surface area contributed by atoms with Crippen LogP contribution in [0.5, 0.6) is 0 Å². The van der Waals surface area contributed by atoms with Crippen LogP contribution < -0.4 is 0 Å². The Hall–Kier alpha value is -2.80. The highest BCUT2D eigenvalue weighted by molar-refractivity contribution is 5.23. The van der Waals surface area contributed by atoms with E-state index in [2.05, 4.69) is 70.8 Å². The fraction of sp³-hybridized carbons (Fsp3) is 0.869. The van der Waals surface area contributed by atoms with Crippen molar-refractivity contribution in [2.45, 2.75) is 232 Å². The molecule has 0 bridgehead atoms. The van der Waals surface area contributed by atoms with Gasteiger partial charge in [-0.1, -0.05) is 27.7 Å². The molecule has 0 aromatic carbocycles. The zero-order valence-corrected chi connectivity index (χ0v) is 46.3. The van der Waals surface area contributed by atoms with Crippen molar-refractivity contribution in [1.82, 2.24) is 19.6 Å². The maximum absolute atomic E-state index is 11.7. The predicted octanol–water partition coefficient (Wildman–Crippen LogP) is 12.1. The third-order valence-corrected chi connectivity index (χ3v) is 23.9. The van der Waals surface area contributed by atoms with Gasteiger partial charge in [-0.25, -0.2) is 0 Å². The monoisotopic (exact) mass is 993 g/mol. The molecule has 72 heavy (non-hydrogen) atoms. The van der Waals surface area contributed by atoms with Crippen molar-refractivity contribution < 1.29 is 24.8 Å². The summed E-state index contributed by atoms with van der Waals surface area (Å²) in [4.78, 5) is 0. The fourth-order valence-corrected chi connectivity index (χ4v) is 20.5. The Bertz CT molecular complexity index is 2260. The highest BCUT2D eigenvalue weighted by Crippen LogP contribution is 2.72. The lowest BCUT2D eigenvalue weighted by molar-refractivity contribution is -0.170. The summed E-state index contributed by atoms with van der Waals surface area (Å²) in [5, 5.41) is 60.5. The van der Waals surface area contributed by atoms with Crippen LogP contribution in [0.4, 0.5) is 0 Å². The molecule has 0 spiro atoms. The van der Waals surface area contributed by atoms with Crippen molar-refractivity contribution in [3.63, 3.8) is 0 Å². The van der Waals surface area contributed by atoms with Crippen molar-refractivity contribution in [2.24, 2.45) is 80.8 Å². The maximum Gasteiger partial charge on any atom is 0.102 e. The van der Waals surface area contributed by atoms with Crippen molar-refractivity contribution >= 4 is 0 Å². The third-order valence-electron chi connectivity index (χ3n) is 23.9. The fourth-order valence-electron chi connectivity index (χ4n) is 20.5. The maximum atomic E-state index is 11.7. The van der Waals surface area contributed by atoms with E-state index >= 15 is 0 Å². The second-order valence-electron chi connectivity index (χ2n) is 27.5. The summed E-state index contributed by atoms with van der Waals surface area (Å²) in [5.74, 6) is 6.76. The highest BCUT2D eigenvalue weighted by Gasteiger charge is 2.66. The smallest absolute Gasteiger partial charge is 0.102 e. The van der Waals surface area contributed by atoms with E-state index < -0.39 is 16.8 Å². The molecular formula is C61H96N6O5. The van der Waals surface area contributed by atoms with E-state index in [4.69, 9.17) is 14.7 Å². The van der Waals surface area contributed by atoms with Crippen LogP contribution in [0.25, 0.3) is 0 Å². The van der Waals surface area contributed by atoms with Crippen LogP contribution in [-0.2, 0) is 22.6 Å². The largest absolute Gasteiger partial charge is 0.390 e. The van der Waals surface area contributed by atoms with Gasteiger partial charge >= 0.3 is 0 Å². The minimum atomic E-state index is -0.835. The first kappa shape index (κ1) is 54.0. The summed E-state index contributed by atoms with van der Waals surface area (Å²) < 4.78 is 14.9.